The number of nitrogens with zero attached hydrogens (tertiary/aromatic N) is 4. The molecule has 0 N–H and O–H groups in total. The Balaban J connectivity index is 1.40. The third-order valence-corrected chi connectivity index (χ3v) is 6.08. The van der Waals surface area contributed by atoms with Crippen molar-refractivity contribution in [1.82, 2.24) is 14.6 Å². The van der Waals surface area contributed by atoms with Crippen LogP contribution >= 0.6 is 11.3 Å². The predicted octanol–water partition coefficient (Wildman–Crippen LogP) is 4.57. The van der Waals surface area contributed by atoms with Crippen LogP contribution in [0.4, 0.5) is 5.69 Å². The summed E-state index contributed by atoms with van der Waals surface area (Å²) in [6, 6.07) is 17.0. The van der Waals surface area contributed by atoms with E-state index in [4.69, 9.17) is 9.15 Å². The summed E-state index contributed by atoms with van der Waals surface area (Å²) in [5.41, 5.74) is 1.05. The van der Waals surface area contributed by atoms with Crippen LogP contribution < -0.4 is 14.8 Å². The quantitative estimate of drug-likeness (QED) is 0.244. The van der Waals surface area contributed by atoms with Gasteiger partial charge in [0.2, 0.25) is 4.96 Å². The normalized spacial score (nSPS) is 12.0. The van der Waals surface area contributed by atoms with E-state index in [1.807, 2.05) is 24.3 Å². The lowest BCUT2D eigenvalue weighted by Crippen LogP contribution is -2.23. The molecule has 9 nitrogen and oxygen atoms in total. The molecule has 176 valence electrons. The van der Waals surface area contributed by atoms with E-state index in [1.54, 1.807) is 30.3 Å². The predicted molar refractivity (Wildman–Crippen MR) is 132 cm³/mol. The van der Waals surface area contributed by atoms with Crippen LogP contribution in [-0.4, -0.2) is 26.1 Å². The first-order chi connectivity index (χ1) is 16.9. The fraction of sp³-hybridized carbons (Fsp3) is 0.160. The van der Waals surface area contributed by atoms with Crippen LogP contribution in [0.5, 0.6) is 5.75 Å². The maximum Gasteiger partial charge on any atom is 0.291 e. The average molecular weight is 489 g/mol. The van der Waals surface area contributed by atoms with E-state index in [-0.39, 0.29) is 11.2 Å². The molecule has 3 heterocycles. The standard InChI is InChI=1S/C25H20N4O5S/c1-15(2)14-33-19-8-6-16(7-9-19)23-26-25-28(27-23)24(30)22(35-25)13-20-10-11-21(34-20)17-4-3-5-18(12-17)29(31)32/h3-13,15H,14H2,1-2H3/b22-13+. The summed E-state index contributed by atoms with van der Waals surface area (Å²) in [6.07, 6.45) is 1.62. The Morgan fingerprint density at radius 3 is 2.66 bits per heavy atom. The minimum absolute atomic E-state index is 0.0228. The number of ether oxygens (including phenoxy) is 1. The van der Waals surface area contributed by atoms with Crippen molar-refractivity contribution in [3.05, 3.63) is 91.4 Å². The number of furan rings is 1. The van der Waals surface area contributed by atoms with E-state index in [2.05, 4.69) is 23.9 Å². The molecule has 0 aliphatic heterocycles. The van der Waals surface area contributed by atoms with Crippen LogP contribution in [0.3, 0.4) is 0 Å². The molecule has 0 amide bonds. The number of aromatic nitrogens is 3. The molecule has 0 spiro atoms. The second-order valence-electron chi connectivity index (χ2n) is 8.28. The van der Waals surface area contributed by atoms with Crippen molar-refractivity contribution in [2.75, 3.05) is 6.61 Å². The van der Waals surface area contributed by atoms with E-state index >= 15 is 0 Å². The van der Waals surface area contributed by atoms with Crippen LogP contribution in [0.1, 0.15) is 19.6 Å². The molecule has 0 radical (unpaired) electrons. The lowest BCUT2D eigenvalue weighted by Gasteiger charge is -2.08. The molecule has 35 heavy (non-hydrogen) atoms. The smallest absolute Gasteiger partial charge is 0.291 e. The second kappa shape index (κ2) is 9.15. The molecule has 5 rings (SSSR count). The number of fused-ring (bicyclic) bond motifs is 1. The SMILES string of the molecule is CC(C)COc1ccc(-c2nc3s/c(=C/c4ccc(-c5cccc([N+](=O)[O-])c5)o4)c(=O)n3n2)cc1. The summed E-state index contributed by atoms with van der Waals surface area (Å²) < 4.78 is 13.2. The van der Waals surface area contributed by atoms with Gasteiger partial charge in [0, 0.05) is 29.3 Å². The first-order valence-corrected chi connectivity index (χ1v) is 11.7. The molecule has 5 aromatic rings. The van der Waals surface area contributed by atoms with Crippen LogP contribution in [-0.2, 0) is 0 Å². The zero-order valence-electron chi connectivity index (χ0n) is 18.9. The van der Waals surface area contributed by atoms with Gasteiger partial charge in [0.25, 0.3) is 11.2 Å². The summed E-state index contributed by atoms with van der Waals surface area (Å²) in [5.74, 6) is 2.58. The molecule has 0 atom stereocenters. The molecule has 2 aromatic carbocycles. The Kier molecular flexibility index (Phi) is 5.87. The van der Waals surface area contributed by atoms with Crippen LogP contribution in [0.15, 0.2) is 69.9 Å². The zero-order chi connectivity index (χ0) is 24.5. The maximum atomic E-state index is 12.9. The Morgan fingerprint density at radius 1 is 1.14 bits per heavy atom. The summed E-state index contributed by atoms with van der Waals surface area (Å²) in [7, 11) is 0. The molecule has 0 saturated carbocycles. The number of hydrogen-bond acceptors (Lipinski definition) is 8. The molecule has 0 saturated heterocycles. The average Bonchev–Trinajstić information content (AvgIpc) is 3.56. The Bertz CT molecular complexity index is 1630. The van der Waals surface area contributed by atoms with Crippen molar-refractivity contribution < 1.29 is 14.1 Å². The molecule has 10 heteroatoms. The van der Waals surface area contributed by atoms with Gasteiger partial charge in [-0.2, -0.15) is 9.50 Å². The third-order valence-electron chi connectivity index (χ3n) is 5.12. The highest BCUT2D eigenvalue weighted by Gasteiger charge is 2.14. The molecule has 3 aromatic heterocycles. The van der Waals surface area contributed by atoms with Gasteiger partial charge in [-0.05, 0) is 42.3 Å². The number of non-ortho nitro benzene ring substituents is 1. The van der Waals surface area contributed by atoms with Gasteiger partial charge in [-0.15, -0.1) is 5.10 Å². The molecular formula is C25H20N4O5S. The number of benzene rings is 2. The highest BCUT2D eigenvalue weighted by atomic mass is 32.1. The number of nitro benzene ring substituents is 1. The van der Waals surface area contributed by atoms with E-state index in [9.17, 15) is 14.9 Å². The van der Waals surface area contributed by atoms with Crippen LogP contribution in [0.2, 0.25) is 0 Å². The van der Waals surface area contributed by atoms with Crippen molar-refractivity contribution in [2.24, 2.45) is 5.92 Å². The number of rotatable bonds is 7. The summed E-state index contributed by atoms with van der Waals surface area (Å²) in [5, 5.41) is 15.4. The molecule has 0 bridgehead atoms. The highest BCUT2D eigenvalue weighted by Crippen LogP contribution is 2.26. The third kappa shape index (κ3) is 4.69. The number of hydrogen-bond donors (Lipinski definition) is 0. The van der Waals surface area contributed by atoms with Crippen LogP contribution in [0, 0.1) is 16.0 Å². The Labute approximate surface area is 203 Å². The van der Waals surface area contributed by atoms with E-state index in [0.29, 0.717) is 44.9 Å². The van der Waals surface area contributed by atoms with Crippen molar-refractivity contribution in [1.29, 1.82) is 0 Å². The lowest BCUT2D eigenvalue weighted by atomic mass is 10.1. The van der Waals surface area contributed by atoms with Crippen LogP contribution in [0.25, 0.3) is 33.7 Å². The first-order valence-electron chi connectivity index (χ1n) is 10.9. The van der Waals surface area contributed by atoms with E-state index < -0.39 is 4.92 Å². The molecule has 0 fully saturated rings. The molecule has 0 unspecified atom stereocenters. The molecule has 0 aliphatic rings. The van der Waals surface area contributed by atoms with Gasteiger partial charge < -0.3 is 9.15 Å². The lowest BCUT2D eigenvalue weighted by molar-refractivity contribution is -0.384. The summed E-state index contributed by atoms with van der Waals surface area (Å²) in [4.78, 5) is 28.4. The monoisotopic (exact) mass is 488 g/mol. The van der Waals surface area contributed by atoms with E-state index in [1.165, 1.54) is 28.0 Å². The minimum Gasteiger partial charge on any atom is -0.493 e. The molecular weight excluding hydrogens is 468 g/mol. The maximum absolute atomic E-state index is 12.9. The van der Waals surface area contributed by atoms with Gasteiger partial charge in [0.1, 0.15) is 21.8 Å². The fourth-order valence-electron chi connectivity index (χ4n) is 3.41. The number of nitro groups is 1. The van der Waals surface area contributed by atoms with Gasteiger partial charge in [-0.1, -0.05) is 37.3 Å². The minimum atomic E-state index is -0.457. The van der Waals surface area contributed by atoms with Crippen molar-refractivity contribution in [3.63, 3.8) is 0 Å². The van der Waals surface area contributed by atoms with Gasteiger partial charge >= 0.3 is 0 Å². The Morgan fingerprint density at radius 2 is 1.94 bits per heavy atom. The molecule has 0 aliphatic carbocycles. The Hall–Kier alpha value is -4.31. The van der Waals surface area contributed by atoms with Crippen molar-refractivity contribution >= 4 is 28.1 Å². The fourth-order valence-corrected chi connectivity index (χ4v) is 4.29. The largest absolute Gasteiger partial charge is 0.493 e. The van der Waals surface area contributed by atoms with Gasteiger partial charge in [0.15, 0.2) is 5.82 Å². The zero-order valence-corrected chi connectivity index (χ0v) is 19.7. The summed E-state index contributed by atoms with van der Waals surface area (Å²) in [6.45, 7) is 4.81. The van der Waals surface area contributed by atoms with E-state index in [0.717, 1.165) is 11.3 Å². The second-order valence-corrected chi connectivity index (χ2v) is 9.29. The van der Waals surface area contributed by atoms with Gasteiger partial charge in [-0.3, -0.25) is 14.9 Å². The van der Waals surface area contributed by atoms with Crippen molar-refractivity contribution in [3.8, 4) is 28.5 Å². The summed E-state index contributed by atoms with van der Waals surface area (Å²) >= 11 is 1.21. The highest BCUT2D eigenvalue weighted by molar-refractivity contribution is 7.15. The van der Waals surface area contributed by atoms with Gasteiger partial charge in [0.05, 0.1) is 11.5 Å². The topological polar surface area (TPSA) is 113 Å². The number of thiazole rings is 1. The first kappa shape index (κ1) is 22.5. The van der Waals surface area contributed by atoms with Gasteiger partial charge in [-0.25, -0.2) is 0 Å². The van der Waals surface area contributed by atoms with Crippen molar-refractivity contribution in [2.45, 2.75) is 13.8 Å².